The Morgan fingerprint density at radius 1 is 1.42 bits per heavy atom. The van der Waals surface area contributed by atoms with Crippen molar-refractivity contribution in [3.63, 3.8) is 0 Å². The lowest BCUT2D eigenvalue weighted by molar-refractivity contribution is 0.0784. The van der Waals surface area contributed by atoms with Crippen LogP contribution in [0.5, 0.6) is 17.2 Å². The zero-order valence-electron chi connectivity index (χ0n) is 18.2. The molecule has 3 rings (SSSR count). The van der Waals surface area contributed by atoms with Gasteiger partial charge >= 0.3 is 7.12 Å². The molecule has 0 saturated carbocycles. The average molecular weight is 448 g/mol. The predicted molar refractivity (Wildman–Crippen MR) is 117 cm³/mol. The Balaban J connectivity index is 1.67. The van der Waals surface area contributed by atoms with E-state index in [0.29, 0.717) is 13.3 Å². The first-order valence-corrected chi connectivity index (χ1v) is 13.7. The Bertz CT molecular complexity index is 916. The van der Waals surface area contributed by atoms with Crippen molar-refractivity contribution < 1.29 is 28.7 Å². The molecule has 10 nitrogen and oxygen atoms in total. The lowest BCUT2D eigenvalue weighted by Gasteiger charge is -2.28. The zero-order chi connectivity index (χ0) is 22.6. The van der Waals surface area contributed by atoms with Gasteiger partial charge in [0.05, 0.1) is 6.20 Å². The molecule has 2 aromatic rings. The monoisotopic (exact) mass is 448 g/mol. The van der Waals surface area contributed by atoms with E-state index in [1.165, 1.54) is 6.07 Å². The van der Waals surface area contributed by atoms with E-state index in [4.69, 9.17) is 18.9 Å². The van der Waals surface area contributed by atoms with Crippen LogP contribution in [0, 0.1) is 5.21 Å². The summed E-state index contributed by atoms with van der Waals surface area (Å²) in [6.07, 6.45) is 3.43. The van der Waals surface area contributed by atoms with E-state index in [-0.39, 0.29) is 41.0 Å². The summed E-state index contributed by atoms with van der Waals surface area (Å²) in [6, 6.07) is 4.17. The number of ether oxygens (including phenoxy) is 3. The SMILES string of the molecule is CN([O-])C(=O)c1c(OCc2cnn(COCC[Si](C)(C)C)c2)ccc2c1OB(O)CO2. The second kappa shape index (κ2) is 9.73. The highest BCUT2D eigenvalue weighted by atomic mass is 28.3. The molecule has 0 saturated heterocycles. The number of nitrogens with zero attached hydrogens (tertiary/aromatic N) is 3. The highest BCUT2D eigenvalue weighted by Crippen LogP contribution is 2.40. The van der Waals surface area contributed by atoms with Crippen LogP contribution in [-0.4, -0.2) is 61.1 Å². The summed E-state index contributed by atoms with van der Waals surface area (Å²) in [4.78, 5) is 12.5. The Morgan fingerprint density at radius 2 is 2.19 bits per heavy atom. The summed E-state index contributed by atoms with van der Waals surface area (Å²) in [5.41, 5.74) is 0.661. The van der Waals surface area contributed by atoms with Crippen molar-refractivity contribution in [2.75, 3.05) is 20.2 Å². The topological polar surface area (TPSA) is 118 Å². The van der Waals surface area contributed by atoms with E-state index in [0.717, 1.165) is 18.7 Å². The molecule has 0 atom stereocenters. The van der Waals surface area contributed by atoms with Crippen molar-refractivity contribution >= 4 is 21.1 Å². The van der Waals surface area contributed by atoms with Crippen LogP contribution in [0.2, 0.25) is 25.7 Å². The average Bonchev–Trinajstić information content (AvgIpc) is 3.15. The van der Waals surface area contributed by atoms with E-state index in [1.54, 1.807) is 23.1 Å². The number of carbonyl (C=O) groups is 1. The summed E-state index contributed by atoms with van der Waals surface area (Å²) >= 11 is 0. The van der Waals surface area contributed by atoms with Crippen LogP contribution in [-0.2, 0) is 18.1 Å². The van der Waals surface area contributed by atoms with Crippen molar-refractivity contribution in [1.82, 2.24) is 14.8 Å². The minimum absolute atomic E-state index is 0.0181. The standard InChI is InChI=1S/C19H27BN3O7Si/c1-22(26)19(24)17-15(5-6-16-18(17)30-20(25)12-29-16)28-11-14-9-21-23(10-14)13-27-7-8-31(2,3)4/h5-6,9-10,25H,7-8,11-13H2,1-4H3/q-1. The molecule has 0 fully saturated rings. The molecular formula is C19H27BN3O7Si-. The molecule has 12 heteroatoms. The maximum absolute atomic E-state index is 12.5. The third kappa shape index (κ3) is 6.23. The first-order valence-electron chi connectivity index (χ1n) is 9.95. The van der Waals surface area contributed by atoms with Gasteiger partial charge in [-0.15, -0.1) is 0 Å². The molecule has 1 aromatic heterocycles. The van der Waals surface area contributed by atoms with E-state index < -0.39 is 21.1 Å². The van der Waals surface area contributed by atoms with Crippen LogP contribution < -0.4 is 14.1 Å². The number of amides is 1. The van der Waals surface area contributed by atoms with Crippen molar-refractivity contribution in [3.8, 4) is 17.2 Å². The largest absolute Gasteiger partial charge is 0.756 e. The molecule has 1 aliphatic rings. The second-order valence-electron chi connectivity index (χ2n) is 8.48. The summed E-state index contributed by atoms with van der Waals surface area (Å²) in [6.45, 7) is 7.95. The lowest BCUT2D eigenvalue weighted by Crippen LogP contribution is -2.35. The quantitative estimate of drug-likeness (QED) is 0.352. The van der Waals surface area contributed by atoms with Crippen molar-refractivity contribution in [1.29, 1.82) is 0 Å². The third-order valence-corrected chi connectivity index (χ3v) is 6.22. The summed E-state index contributed by atoms with van der Waals surface area (Å²) in [5.74, 6) is -0.485. The minimum Gasteiger partial charge on any atom is -0.756 e. The van der Waals surface area contributed by atoms with Crippen LogP contribution in [0.15, 0.2) is 24.5 Å². The number of hydroxylamine groups is 2. The molecule has 1 aliphatic heterocycles. The smallest absolute Gasteiger partial charge is 0.563 e. The Morgan fingerprint density at radius 3 is 2.90 bits per heavy atom. The third-order valence-electron chi connectivity index (χ3n) is 4.52. The molecular weight excluding hydrogens is 421 g/mol. The molecule has 0 radical (unpaired) electrons. The summed E-state index contributed by atoms with van der Waals surface area (Å²) in [7, 11) is -1.30. The van der Waals surface area contributed by atoms with Gasteiger partial charge in [0.1, 0.15) is 31.2 Å². The molecule has 1 N–H and O–H groups in total. The molecule has 2 heterocycles. The first-order chi connectivity index (χ1) is 14.6. The first kappa shape index (κ1) is 23.1. The van der Waals surface area contributed by atoms with Gasteiger partial charge in [-0.25, -0.2) is 4.68 Å². The fourth-order valence-electron chi connectivity index (χ4n) is 2.84. The van der Waals surface area contributed by atoms with E-state index >= 15 is 0 Å². The van der Waals surface area contributed by atoms with Gasteiger partial charge in [0.25, 0.3) is 5.91 Å². The predicted octanol–water partition coefficient (Wildman–Crippen LogP) is 2.14. The minimum atomic E-state index is -1.24. The Hall–Kier alpha value is -2.54. The van der Waals surface area contributed by atoms with Crippen molar-refractivity contribution in [2.24, 2.45) is 0 Å². The highest BCUT2D eigenvalue weighted by molar-refractivity contribution is 6.76. The van der Waals surface area contributed by atoms with Crippen molar-refractivity contribution in [3.05, 3.63) is 40.9 Å². The fraction of sp³-hybridized carbons (Fsp3) is 0.474. The van der Waals surface area contributed by atoms with Gasteiger partial charge in [-0.1, -0.05) is 19.6 Å². The number of fused-ring (bicyclic) bond motifs is 1. The Kier molecular flexibility index (Phi) is 7.26. The number of hydrogen-bond donors (Lipinski definition) is 1. The molecule has 168 valence electrons. The van der Waals surface area contributed by atoms with Crippen LogP contribution in [0.1, 0.15) is 15.9 Å². The second-order valence-corrected chi connectivity index (χ2v) is 14.1. The summed E-state index contributed by atoms with van der Waals surface area (Å²) in [5, 5.41) is 25.8. The fourth-order valence-corrected chi connectivity index (χ4v) is 3.59. The number of hydrogen-bond acceptors (Lipinski definition) is 8. The van der Waals surface area contributed by atoms with Crippen LogP contribution in [0.3, 0.4) is 0 Å². The van der Waals surface area contributed by atoms with Crippen LogP contribution in [0.4, 0.5) is 0 Å². The number of benzene rings is 1. The maximum atomic E-state index is 12.5. The van der Waals surface area contributed by atoms with Gasteiger partial charge in [0.15, 0.2) is 11.5 Å². The van der Waals surface area contributed by atoms with Crippen molar-refractivity contribution in [2.45, 2.75) is 39.0 Å². The van der Waals surface area contributed by atoms with E-state index in [9.17, 15) is 15.0 Å². The molecule has 0 unspecified atom stereocenters. The maximum Gasteiger partial charge on any atom is 0.563 e. The van der Waals surface area contributed by atoms with E-state index in [2.05, 4.69) is 24.7 Å². The van der Waals surface area contributed by atoms with Crippen LogP contribution in [0.25, 0.3) is 0 Å². The number of carbonyl (C=O) groups excluding carboxylic acids is 1. The highest BCUT2D eigenvalue weighted by Gasteiger charge is 2.31. The molecule has 31 heavy (non-hydrogen) atoms. The van der Waals surface area contributed by atoms with Gasteiger partial charge in [-0.2, -0.15) is 5.10 Å². The molecule has 1 amide bonds. The molecule has 1 aromatic carbocycles. The lowest BCUT2D eigenvalue weighted by atomic mass is 9.91. The molecule has 0 bridgehead atoms. The van der Waals surface area contributed by atoms with Gasteiger partial charge < -0.3 is 34.2 Å². The van der Waals surface area contributed by atoms with Crippen LogP contribution >= 0.6 is 0 Å². The number of aromatic nitrogens is 2. The summed E-state index contributed by atoms with van der Waals surface area (Å²) < 4.78 is 23.8. The normalized spacial score (nSPS) is 13.3. The molecule has 0 spiro atoms. The van der Waals surface area contributed by atoms with Gasteiger partial charge in [-0.05, 0) is 25.2 Å². The van der Waals surface area contributed by atoms with E-state index in [1.807, 2.05) is 0 Å². The van der Waals surface area contributed by atoms with Gasteiger partial charge in [0.2, 0.25) is 0 Å². The van der Waals surface area contributed by atoms with Gasteiger partial charge in [-0.3, -0.25) is 4.79 Å². The number of rotatable bonds is 9. The van der Waals surface area contributed by atoms with Gasteiger partial charge in [0, 0.05) is 26.4 Å². The Labute approximate surface area is 182 Å². The molecule has 0 aliphatic carbocycles. The zero-order valence-corrected chi connectivity index (χ0v) is 19.2.